The number of para-hydroxylation sites is 1. The van der Waals surface area contributed by atoms with Gasteiger partial charge in [0.1, 0.15) is 17.2 Å². The van der Waals surface area contributed by atoms with Gasteiger partial charge in [0, 0.05) is 11.1 Å². The van der Waals surface area contributed by atoms with Crippen molar-refractivity contribution in [3.8, 4) is 0 Å². The highest BCUT2D eigenvalue weighted by Gasteiger charge is 2.08. The maximum Gasteiger partial charge on any atom is 0.149 e. The van der Waals surface area contributed by atoms with E-state index in [1.165, 1.54) is 18.2 Å². The smallest absolute Gasteiger partial charge is 0.149 e. The van der Waals surface area contributed by atoms with E-state index in [-0.39, 0.29) is 11.6 Å². The Bertz CT molecular complexity index is 800. The van der Waals surface area contributed by atoms with Crippen LogP contribution in [0.15, 0.2) is 48.5 Å². The highest BCUT2D eigenvalue weighted by molar-refractivity contribution is 5.82. The molecule has 0 bridgehead atoms. The molecule has 0 saturated carbocycles. The van der Waals surface area contributed by atoms with Gasteiger partial charge in [-0.05, 0) is 42.3 Å². The molecule has 112 valence electrons. The fourth-order valence-electron chi connectivity index (χ4n) is 2.41. The Morgan fingerprint density at radius 2 is 1.77 bits per heavy atom. The minimum atomic E-state index is -0.332. The largest absolute Gasteiger partial charge is 0.372 e. The lowest BCUT2D eigenvalue weighted by Crippen LogP contribution is -1.98. The molecule has 3 rings (SSSR count). The van der Waals surface area contributed by atoms with E-state index < -0.39 is 0 Å². The lowest BCUT2D eigenvalue weighted by atomic mass is 10.1. The Morgan fingerprint density at radius 3 is 2.55 bits per heavy atom. The monoisotopic (exact) mass is 299 g/mol. The standard InChI is InChI=1S/C18H15F2NO/c1-12-9-14(16-3-2-4-17(20)18(16)21-12)11-22-10-13-5-7-15(19)8-6-13/h2-9H,10-11H2,1H3. The van der Waals surface area contributed by atoms with E-state index in [9.17, 15) is 8.78 Å². The third kappa shape index (κ3) is 3.12. The Hall–Kier alpha value is -2.33. The number of halogens is 2. The fourth-order valence-corrected chi connectivity index (χ4v) is 2.41. The number of pyridine rings is 1. The molecule has 0 N–H and O–H groups in total. The number of ether oxygens (including phenoxy) is 1. The first-order valence-electron chi connectivity index (χ1n) is 7.00. The minimum Gasteiger partial charge on any atom is -0.372 e. The molecule has 3 aromatic rings. The number of hydrogen-bond acceptors (Lipinski definition) is 2. The van der Waals surface area contributed by atoms with E-state index in [1.807, 2.05) is 19.1 Å². The summed E-state index contributed by atoms with van der Waals surface area (Å²) in [4.78, 5) is 4.24. The second-order valence-electron chi connectivity index (χ2n) is 5.18. The van der Waals surface area contributed by atoms with E-state index >= 15 is 0 Å². The number of rotatable bonds is 4. The summed E-state index contributed by atoms with van der Waals surface area (Å²) in [5.74, 6) is -0.601. The molecule has 0 fully saturated rings. The molecule has 1 heterocycles. The molecule has 1 aromatic heterocycles. The van der Waals surface area contributed by atoms with Crippen LogP contribution in [0, 0.1) is 18.6 Å². The second kappa shape index (κ2) is 6.20. The fraction of sp³-hybridized carbons (Fsp3) is 0.167. The van der Waals surface area contributed by atoms with Gasteiger partial charge in [0.05, 0.1) is 13.2 Å². The van der Waals surface area contributed by atoms with Crippen LogP contribution in [0.2, 0.25) is 0 Å². The van der Waals surface area contributed by atoms with Gasteiger partial charge in [-0.3, -0.25) is 4.98 Å². The Kier molecular flexibility index (Phi) is 4.11. The summed E-state index contributed by atoms with van der Waals surface area (Å²) in [6.07, 6.45) is 0. The third-order valence-corrected chi connectivity index (χ3v) is 3.44. The summed E-state index contributed by atoms with van der Waals surface area (Å²) in [6.45, 7) is 2.55. The lowest BCUT2D eigenvalue weighted by molar-refractivity contribution is 0.108. The van der Waals surface area contributed by atoms with Crippen molar-refractivity contribution in [3.63, 3.8) is 0 Å². The van der Waals surface area contributed by atoms with Crippen molar-refractivity contribution in [2.75, 3.05) is 0 Å². The molecule has 0 aliphatic carbocycles. The van der Waals surface area contributed by atoms with E-state index in [4.69, 9.17) is 4.74 Å². The van der Waals surface area contributed by atoms with Crippen molar-refractivity contribution in [2.45, 2.75) is 20.1 Å². The normalized spacial score (nSPS) is 11.0. The highest BCUT2D eigenvalue weighted by atomic mass is 19.1. The van der Waals surface area contributed by atoms with Gasteiger partial charge in [-0.1, -0.05) is 24.3 Å². The van der Waals surface area contributed by atoms with Crippen LogP contribution in [0.1, 0.15) is 16.8 Å². The van der Waals surface area contributed by atoms with Gasteiger partial charge in [-0.25, -0.2) is 8.78 Å². The van der Waals surface area contributed by atoms with E-state index in [1.54, 1.807) is 18.2 Å². The predicted molar refractivity (Wildman–Crippen MR) is 81.3 cm³/mol. The SMILES string of the molecule is Cc1cc(COCc2ccc(F)cc2)c2cccc(F)c2n1. The zero-order chi connectivity index (χ0) is 15.5. The second-order valence-corrected chi connectivity index (χ2v) is 5.18. The number of aryl methyl sites for hydroxylation is 1. The summed E-state index contributed by atoms with van der Waals surface area (Å²) in [6, 6.07) is 13.0. The number of fused-ring (bicyclic) bond motifs is 1. The first-order chi connectivity index (χ1) is 10.6. The van der Waals surface area contributed by atoms with Crippen LogP contribution in [0.5, 0.6) is 0 Å². The van der Waals surface area contributed by atoms with Gasteiger partial charge in [0.15, 0.2) is 0 Å². The average Bonchev–Trinajstić information content (AvgIpc) is 2.50. The zero-order valence-corrected chi connectivity index (χ0v) is 12.1. The van der Waals surface area contributed by atoms with Crippen LogP contribution < -0.4 is 0 Å². The van der Waals surface area contributed by atoms with Gasteiger partial charge < -0.3 is 4.74 Å². The molecule has 4 heteroatoms. The molecule has 0 aliphatic rings. The van der Waals surface area contributed by atoms with Gasteiger partial charge in [0.2, 0.25) is 0 Å². The topological polar surface area (TPSA) is 22.1 Å². The maximum atomic E-state index is 13.8. The zero-order valence-electron chi connectivity index (χ0n) is 12.1. The first kappa shape index (κ1) is 14.6. The highest BCUT2D eigenvalue weighted by Crippen LogP contribution is 2.22. The van der Waals surface area contributed by atoms with Crippen LogP contribution in [-0.4, -0.2) is 4.98 Å². The average molecular weight is 299 g/mol. The van der Waals surface area contributed by atoms with Crippen molar-refractivity contribution in [1.29, 1.82) is 0 Å². The molecule has 0 saturated heterocycles. The van der Waals surface area contributed by atoms with E-state index in [0.29, 0.717) is 18.7 Å². The number of benzene rings is 2. The van der Waals surface area contributed by atoms with Crippen LogP contribution in [-0.2, 0) is 18.0 Å². The summed E-state index contributed by atoms with van der Waals surface area (Å²) in [5, 5.41) is 0.754. The molecule has 2 aromatic carbocycles. The molecular weight excluding hydrogens is 284 g/mol. The Balaban J connectivity index is 1.79. The predicted octanol–water partition coefficient (Wildman–Crippen LogP) is 4.54. The van der Waals surface area contributed by atoms with Crippen LogP contribution in [0.3, 0.4) is 0 Å². The van der Waals surface area contributed by atoms with E-state index in [0.717, 1.165) is 22.2 Å². The quantitative estimate of drug-likeness (QED) is 0.705. The Labute approximate surface area is 127 Å². The molecule has 0 amide bonds. The molecule has 2 nitrogen and oxygen atoms in total. The molecule has 0 atom stereocenters. The molecular formula is C18H15F2NO. The summed E-state index contributed by atoms with van der Waals surface area (Å²) >= 11 is 0. The van der Waals surface area contributed by atoms with Gasteiger partial charge in [-0.15, -0.1) is 0 Å². The summed E-state index contributed by atoms with van der Waals surface area (Å²) < 4.78 is 32.4. The van der Waals surface area contributed by atoms with Crippen molar-refractivity contribution in [1.82, 2.24) is 4.98 Å². The first-order valence-corrected chi connectivity index (χ1v) is 7.00. The molecule has 0 spiro atoms. The van der Waals surface area contributed by atoms with Gasteiger partial charge in [0.25, 0.3) is 0 Å². The van der Waals surface area contributed by atoms with Gasteiger partial charge >= 0.3 is 0 Å². The lowest BCUT2D eigenvalue weighted by Gasteiger charge is -2.09. The van der Waals surface area contributed by atoms with Crippen LogP contribution >= 0.6 is 0 Å². The Morgan fingerprint density at radius 1 is 1.00 bits per heavy atom. The van der Waals surface area contributed by atoms with Gasteiger partial charge in [-0.2, -0.15) is 0 Å². The van der Waals surface area contributed by atoms with Crippen molar-refractivity contribution < 1.29 is 13.5 Å². The number of nitrogens with zero attached hydrogens (tertiary/aromatic N) is 1. The number of hydrogen-bond donors (Lipinski definition) is 0. The third-order valence-electron chi connectivity index (χ3n) is 3.44. The van der Waals surface area contributed by atoms with Crippen molar-refractivity contribution >= 4 is 10.9 Å². The van der Waals surface area contributed by atoms with E-state index in [2.05, 4.69) is 4.98 Å². The van der Waals surface area contributed by atoms with Crippen molar-refractivity contribution in [2.24, 2.45) is 0 Å². The van der Waals surface area contributed by atoms with Crippen LogP contribution in [0.4, 0.5) is 8.78 Å². The molecule has 0 aliphatic heterocycles. The minimum absolute atomic E-state index is 0.269. The molecule has 0 unspecified atom stereocenters. The molecule has 0 radical (unpaired) electrons. The summed E-state index contributed by atoms with van der Waals surface area (Å²) in [7, 11) is 0. The van der Waals surface area contributed by atoms with Crippen molar-refractivity contribution in [3.05, 3.63) is 77.0 Å². The molecule has 22 heavy (non-hydrogen) atoms. The van der Waals surface area contributed by atoms with Crippen LogP contribution in [0.25, 0.3) is 10.9 Å². The summed E-state index contributed by atoms with van der Waals surface area (Å²) in [5.41, 5.74) is 2.90. The maximum absolute atomic E-state index is 13.8. The number of aromatic nitrogens is 1.